The summed E-state index contributed by atoms with van der Waals surface area (Å²) >= 11 is 0. The summed E-state index contributed by atoms with van der Waals surface area (Å²) in [4.78, 5) is 12.3. The molecule has 4 rings (SSSR count). The second-order valence-electron chi connectivity index (χ2n) is 5.10. The van der Waals surface area contributed by atoms with Crippen molar-refractivity contribution >= 4 is 22.1 Å². The maximum absolute atomic E-state index is 4.48. The molecule has 4 aromatic rings. The van der Waals surface area contributed by atoms with Crippen LogP contribution < -0.4 is 0 Å². The molecule has 0 unspecified atom stereocenters. The van der Waals surface area contributed by atoms with Gasteiger partial charge >= 0.3 is 0 Å². The fraction of sp³-hybridized carbons (Fsp3) is 0.125. The number of aromatic nitrogens is 4. The second-order valence-corrected chi connectivity index (χ2v) is 5.10. The van der Waals surface area contributed by atoms with Gasteiger partial charge in [-0.05, 0) is 19.1 Å². The van der Waals surface area contributed by atoms with Gasteiger partial charge in [0.2, 0.25) is 0 Å². The molecule has 98 valence electrons. The van der Waals surface area contributed by atoms with Gasteiger partial charge < -0.3 is 9.55 Å². The van der Waals surface area contributed by atoms with E-state index in [2.05, 4.69) is 63.1 Å². The van der Waals surface area contributed by atoms with E-state index >= 15 is 0 Å². The van der Waals surface area contributed by atoms with E-state index in [1.165, 1.54) is 16.5 Å². The lowest BCUT2D eigenvalue weighted by molar-refractivity contribution is 0.970. The van der Waals surface area contributed by atoms with E-state index in [0.29, 0.717) is 0 Å². The first kappa shape index (κ1) is 11.2. The number of H-pyrrole nitrogens is 1. The molecule has 0 saturated heterocycles. The van der Waals surface area contributed by atoms with Crippen LogP contribution in [0.3, 0.4) is 0 Å². The Labute approximate surface area is 116 Å². The van der Waals surface area contributed by atoms with Crippen LogP contribution in [0.15, 0.2) is 42.7 Å². The Balaban J connectivity index is 2.01. The number of fused-ring (bicyclic) bond motifs is 2. The highest BCUT2D eigenvalue weighted by molar-refractivity contribution is 5.97. The molecule has 0 bridgehead atoms. The molecule has 0 aliphatic heterocycles. The van der Waals surface area contributed by atoms with Gasteiger partial charge in [0.1, 0.15) is 5.52 Å². The lowest BCUT2D eigenvalue weighted by Crippen LogP contribution is -1.84. The zero-order valence-electron chi connectivity index (χ0n) is 11.4. The van der Waals surface area contributed by atoms with Crippen LogP contribution in [0, 0.1) is 6.92 Å². The van der Waals surface area contributed by atoms with E-state index in [1.807, 2.05) is 6.92 Å². The second kappa shape index (κ2) is 3.93. The summed E-state index contributed by atoms with van der Waals surface area (Å²) in [6.45, 7) is 1.95. The average molecular weight is 262 g/mol. The molecule has 0 amide bonds. The maximum atomic E-state index is 4.48. The summed E-state index contributed by atoms with van der Waals surface area (Å²) < 4.78 is 2.14. The first-order valence-electron chi connectivity index (χ1n) is 6.59. The van der Waals surface area contributed by atoms with Crippen molar-refractivity contribution in [3.05, 3.63) is 48.4 Å². The highest BCUT2D eigenvalue weighted by Crippen LogP contribution is 2.30. The highest BCUT2D eigenvalue weighted by atomic mass is 14.9. The van der Waals surface area contributed by atoms with Crippen molar-refractivity contribution < 1.29 is 0 Å². The van der Waals surface area contributed by atoms with Crippen LogP contribution in [0.2, 0.25) is 0 Å². The quantitative estimate of drug-likeness (QED) is 0.571. The van der Waals surface area contributed by atoms with Gasteiger partial charge in [-0.3, -0.25) is 4.98 Å². The summed E-state index contributed by atoms with van der Waals surface area (Å²) in [5.41, 5.74) is 6.12. The van der Waals surface area contributed by atoms with Gasteiger partial charge in [-0.15, -0.1) is 0 Å². The normalized spacial score (nSPS) is 11.5. The van der Waals surface area contributed by atoms with Crippen molar-refractivity contribution in [1.29, 1.82) is 0 Å². The molecule has 0 saturated carbocycles. The molecule has 3 heterocycles. The third-order valence-corrected chi connectivity index (χ3v) is 3.64. The zero-order valence-corrected chi connectivity index (χ0v) is 11.4. The Morgan fingerprint density at radius 1 is 1.20 bits per heavy atom. The van der Waals surface area contributed by atoms with Crippen molar-refractivity contribution in [3.8, 4) is 11.3 Å². The van der Waals surface area contributed by atoms with Crippen molar-refractivity contribution in [3.63, 3.8) is 0 Å². The number of para-hydroxylation sites is 1. The molecule has 0 aliphatic rings. The van der Waals surface area contributed by atoms with Crippen LogP contribution in [0.5, 0.6) is 0 Å². The Kier molecular flexibility index (Phi) is 2.21. The predicted octanol–water partition coefficient (Wildman–Crippen LogP) is 3.43. The third-order valence-electron chi connectivity index (χ3n) is 3.64. The molecule has 4 nitrogen and oxygen atoms in total. The van der Waals surface area contributed by atoms with E-state index in [1.54, 1.807) is 6.20 Å². The first-order valence-corrected chi connectivity index (χ1v) is 6.59. The molecular formula is C16H14N4. The third kappa shape index (κ3) is 1.54. The summed E-state index contributed by atoms with van der Waals surface area (Å²) in [6, 6.07) is 10.5. The van der Waals surface area contributed by atoms with E-state index in [-0.39, 0.29) is 0 Å². The van der Waals surface area contributed by atoms with Gasteiger partial charge in [-0.1, -0.05) is 18.2 Å². The minimum absolute atomic E-state index is 0.841. The minimum Gasteiger partial charge on any atom is -0.350 e. The Morgan fingerprint density at radius 2 is 2.05 bits per heavy atom. The van der Waals surface area contributed by atoms with Gasteiger partial charge in [-0.2, -0.15) is 0 Å². The molecule has 0 fully saturated rings. The van der Waals surface area contributed by atoms with Crippen LogP contribution in [0.4, 0.5) is 0 Å². The first-order chi connectivity index (χ1) is 9.72. The summed E-state index contributed by atoms with van der Waals surface area (Å²) in [6.07, 6.45) is 3.94. The van der Waals surface area contributed by atoms with E-state index in [0.717, 1.165) is 22.6 Å². The molecule has 3 aromatic heterocycles. The van der Waals surface area contributed by atoms with Crippen LogP contribution in [-0.2, 0) is 7.05 Å². The standard InChI is InChI=1S/C16H14N4/c1-10-8-17-14-7-13(19-16(14)18-10)12-9-20(2)15-6-4-3-5-11(12)15/h3-9H,1-2H3,(H,18,19). The lowest BCUT2D eigenvalue weighted by atomic mass is 10.1. The summed E-state index contributed by atoms with van der Waals surface area (Å²) in [7, 11) is 2.06. The largest absolute Gasteiger partial charge is 0.350 e. The van der Waals surface area contributed by atoms with Crippen LogP contribution in [-0.4, -0.2) is 19.5 Å². The molecule has 0 atom stereocenters. The molecule has 1 N–H and O–H groups in total. The molecule has 1 aromatic carbocycles. The van der Waals surface area contributed by atoms with Gasteiger partial charge in [0.25, 0.3) is 0 Å². The molecule has 4 heteroatoms. The SMILES string of the molecule is Cc1cnc2cc(-c3cn(C)c4ccccc34)[nH]c2n1. The number of hydrogen-bond acceptors (Lipinski definition) is 2. The van der Waals surface area contributed by atoms with Crippen molar-refractivity contribution in [2.24, 2.45) is 7.05 Å². The molecule has 20 heavy (non-hydrogen) atoms. The maximum Gasteiger partial charge on any atom is 0.156 e. The van der Waals surface area contributed by atoms with Crippen LogP contribution in [0.25, 0.3) is 33.3 Å². The van der Waals surface area contributed by atoms with Crippen molar-refractivity contribution in [1.82, 2.24) is 19.5 Å². The number of nitrogens with one attached hydrogen (secondary N) is 1. The fourth-order valence-electron chi connectivity index (χ4n) is 2.69. The predicted molar refractivity (Wildman–Crippen MR) is 80.5 cm³/mol. The van der Waals surface area contributed by atoms with Gasteiger partial charge in [0.15, 0.2) is 5.65 Å². The van der Waals surface area contributed by atoms with Crippen LogP contribution >= 0.6 is 0 Å². The number of hydrogen-bond donors (Lipinski definition) is 1. The monoisotopic (exact) mass is 262 g/mol. The Morgan fingerprint density at radius 3 is 2.95 bits per heavy atom. The molecule has 0 radical (unpaired) electrons. The lowest BCUT2D eigenvalue weighted by Gasteiger charge is -1.94. The van der Waals surface area contributed by atoms with Gasteiger partial charge in [-0.25, -0.2) is 4.98 Å². The summed E-state index contributed by atoms with van der Waals surface area (Å²) in [5, 5.41) is 1.23. The van der Waals surface area contributed by atoms with E-state index in [9.17, 15) is 0 Å². The molecule has 0 spiro atoms. The average Bonchev–Trinajstić information content (AvgIpc) is 3.00. The van der Waals surface area contributed by atoms with Gasteiger partial charge in [0, 0.05) is 35.9 Å². The fourth-order valence-corrected chi connectivity index (χ4v) is 2.69. The summed E-state index contributed by atoms with van der Waals surface area (Å²) in [5.74, 6) is 0. The number of benzene rings is 1. The zero-order chi connectivity index (χ0) is 13.7. The number of nitrogens with zero attached hydrogens (tertiary/aromatic N) is 3. The van der Waals surface area contributed by atoms with E-state index in [4.69, 9.17) is 0 Å². The number of rotatable bonds is 1. The Hall–Kier alpha value is -2.62. The molecular weight excluding hydrogens is 248 g/mol. The Bertz CT molecular complexity index is 930. The van der Waals surface area contributed by atoms with Crippen molar-refractivity contribution in [2.75, 3.05) is 0 Å². The van der Waals surface area contributed by atoms with E-state index < -0.39 is 0 Å². The number of aryl methyl sites for hydroxylation is 2. The van der Waals surface area contributed by atoms with Crippen LogP contribution in [0.1, 0.15) is 5.69 Å². The topological polar surface area (TPSA) is 46.5 Å². The van der Waals surface area contributed by atoms with Gasteiger partial charge in [0.05, 0.1) is 11.4 Å². The van der Waals surface area contributed by atoms with Crippen molar-refractivity contribution in [2.45, 2.75) is 6.92 Å². The molecule has 0 aliphatic carbocycles. The number of aromatic amines is 1. The highest BCUT2D eigenvalue weighted by Gasteiger charge is 2.11. The smallest absolute Gasteiger partial charge is 0.156 e. The minimum atomic E-state index is 0.841.